The Kier molecular flexibility index (Phi) is 5.94. The zero-order valence-electron chi connectivity index (χ0n) is 15.5. The van der Waals surface area contributed by atoms with Gasteiger partial charge in [0.2, 0.25) is 5.91 Å². The van der Waals surface area contributed by atoms with Crippen LogP contribution in [0.25, 0.3) is 0 Å². The van der Waals surface area contributed by atoms with E-state index in [1.54, 1.807) is 6.07 Å². The molecule has 1 aliphatic heterocycles. The summed E-state index contributed by atoms with van der Waals surface area (Å²) in [6, 6.07) is 7.83. The third-order valence-electron chi connectivity index (χ3n) is 5.60. The molecule has 3 rings (SSSR count). The summed E-state index contributed by atoms with van der Waals surface area (Å²) in [6.45, 7) is 7.61. The van der Waals surface area contributed by atoms with Crippen molar-refractivity contribution in [3.05, 3.63) is 30.1 Å². The molecule has 1 aliphatic carbocycles. The predicted molar refractivity (Wildman–Crippen MR) is 99.3 cm³/mol. The Morgan fingerprint density at radius 3 is 2.40 bits per heavy atom. The Bertz CT molecular complexity index is 578. The SMILES string of the molecule is CC(C)N(CC(=O)N1CCN(c2ccccc2F)CC1)C1CCCC1. The minimum atomic E-state index is -0.186. The van der Waals surface area contributed by atoms with Crippen LogP contribution in [0.15, 0.2) is 24.3 Å². The van der Waals surface area contributed by atoms with E-state index in [9.17, 15) is 9.18 Å². The van der Waals surface area contributed by atoms with E-state index < -0.39 is 0 Å². The number of anilines is 1. The summed E-state index contributed by atoms with van der Waals surface area (Å²) >= 11 is 0. The fourth-order valence-corrected chi connectivity index (χ4v) is 4.13. The second kappa shape index (κ2) is 8.17. The van der Waals surface area contributed by atoms with Crippen molar-refractivity contribution in [1.29, 1.82) is 0 Å². The van der Waals surface area contributed by atoms with Crippen molar-refractivity contribution in [2.45, 2.75) is 51.6 Å². The van der Waals surface area contributed by atoms with Crippen LogP contribution in [0.5, 0.6) is 0 Å². The lowest BCUT2D eigenvalue weighted by molar-refractivity contribution is -0.133. The number of halogens is 1. The van der Waals surface area contributed by atoms with Gasteiger partial charge in [0.1, 0.15) is 5.82 Å². The van der Waals surface area contributed by atoms with Crippen LogP contribution in [-0.2, 0) is 4.79 Å². The van der Waals surface area contributed by atoms with Crippen molar-refractivity contribution < 1.29 is 9.18 Å². The molecular weight excluding hydrogens is 317 g/mol. The Morgan fingerprint density at radius 2 is 1.80 bits per heavy atom. The molecule has 1 saturated heterocycles. The maximum atomic E-state index is 13.9. The van der Waals surface area contributed by atoms with E-state index in [2.05, 4.69) is 18.7 Å². The van der Waals surface area contributed by atoms with Gasteiger partial charge in [-0.3, -0.25) is 9.69 Å². The van der Waals surface area contributed by atoms with E-state index in [0.29, 0.717) is 50.5 Å². The third-order valence-corrected chi connectivity index (χ3v) is 5.60. The topological polar surface area (TPSA) is 26.8 Å². The van der Waals surface area contributed by atoms with Gasteiger partial charge in [0.05, 0.1) is 12.2 Å². The average Bonchev–Trinajstić information content (AvgIpc) is 3.14. The lowest BCUT2D eigenvalue weighted by Gasteiger charge is -2.38. The highest BCUT2D eigenvalue weighted by atomic mass is 19.1. The summed E-state index contributed by atoms with van der Waals surface area (Å²) in [7, 11) is 0. The standard InChI is InChI=1S/C20H30FN3O/c1-16(2)24(17-7-3-4-8-17)15-20(25)23-13-11-22(12-14-23)19-10-6-5-9-18(19)21/h5-6,9-10,16-17H,3-4,7-8,11-15H2,1-2H3. The molecule has 1 heterocycles. The van der Waals surface area contributed by atoms with Crippen LogP contribution in [0.2, 0.25) is 0 Å². The molecule has 2 fully saturated rings. The normalized spacial score (nSPS) is 19.2. The molecule has 1 aromatic rings. The van der Waals surface area contributed by atoms with Gasteiger partial charge < -0.3 is 9.80 Å². The maximum Gasteiger partial charge on any atom is 0.236 e. The Morgan fingerprint density at radius 1 is 1.16 bits per heavy atom. The maximum absolute atomic E-state index is 13.9. The molecule has 1 amide bonds. The van der Waals surface area contributed by atoms with Crippen LogP contribution >= 0.6 is 0 Å². The van der Waals surface area contributed by atoms with E-state index in [1.165, 1.54) is 31.7 Å². The molecule has 0 radical (unpaired) electrons. The average molecular weight is 347 g/mol. The first-order valence-corrected chi connectivity index (χ1v) is 9.59. The van der Waals surface area contributed by atoms with Gasteiger partial charge in [-0.15, -0.1) is 0 Å². The van der Waals surface area contributed by atoms with Gasteiger partial charge in [-0.05, 0) is 38.8 Å². The molecule has 0 spiro atoms. The molecule has 0 unspecified atom stereocenters. The van der Waals surface area contributed by atoms with Crippen molar-refractivity contribution in [1.82, 2.24) is 9.80 Å². The highest BCUT2D eigenvalue weighted by Gasteiger charge is 2.29. The zero-order valence-corrected chi connectivity index (χ0v) is 15.5. The first-order chi connectivity index (χ1) is 12.1. The summed E-state index contributed by atoms with van der Waals surface area (Å²) < 4.78 is 13.9. The molecule has 138 valence electrons. The van der Waals surface area contributed by atoms with Crippen LogP contribution in [0, 0.1) is 5.82 Å². The highest BCUT2D eigenvalue weighted by Crippen LogP contribution is 2.25. The highest BCUT2D eigenvalue weighted by molar-refractivity contribution is 5.78. The van der Waals surface area contributed by atoms with Gasteiger partial charge in [-0.1, -0.05) is 25.0 Å². The first-order valence-electron chi connectivity index (χ1n) is 9.59. The molecule has 0 bridgehead atoms. The predicted octanol–water partition coefficient (Wildman–Crippen LogP) is 3.13. The largest absolute Gasteiger partial charge is 0.366 e. The minimum Gasteiger partial charge on any atom is -0.366 e. The third kappa shape index (κ3) is 4.32. The number of carbonyl (C=O) groups excluding carboxylic acids is 1. The van der Waals surface area contributed by atoms with E-state index in [-0.39, 0.29) is 11.7 Å². The number of carbonyl (C=O) groups is 1. The Hall–Kier alpha value is -1.62. The molecule has 5 heteroatoms. The summed E-state index contributed by atoms with van der Waals surface area (Å²) in [5.74, 6) is 0.0308. The van der Waals surface area contributed by atoms with E-state index in [0.717, 1.165) is 0 Å². The number of rotatable bonds is 5. The number of nitrogens with zero attached hydrogens (tertiary/aromatic N) is 3. The van der Waals surface area contributed by atoms with Gasteiger partial charge in [0.15, 0.2) is 0 Å². The second-order valence-corrected chi connectivity index (χ2v) is 7.52. The van der Waals surface area contributed by atoms with E-state index >= 15 is 0 Å². The number of amides is 1. The van der Waals surface area contributed by atoms with Crippen molar-refractivity contribution in [2.24, 2.45) is 0 Å². The zero-order chi connectivity index (χ0) is 17.8. The van der Waals surface area contributed by atoms with Crippen molar-refractivity contribution in [3.63, 3.8) is 0 Å². The lowest BCUT2D eigenvalue weighted by Crippen LogP contribution is -2.53. The summed E-state index contributed by atoms with van der Waals surface area (Å²) in [6.07, 6.45) is 4.99. The monoisotopic (exact) mass is 347 g/mol. The van der Waals surface area contributed by atoms with Crippen LogP contribution in [0.1, 0.15) is 39.5 Å². The fourth-order valence-electron chi connectivity index (χ4n) is 4.13. The smallest absolute Gasteiger partial charge is 0.236 e. The van der Waals surface area contributed by atoms with Crippen LogP contribution in [0.4, 0.5) is 10.1 Å². The van der Waals surface area contributed by atoms with Gasteiger partial charge in [0, 0.05) is 38.3 Å². The first kappa shape index (κ1) is 18.2. The fraction of sp³-hybridized carbons (Fsp3) is 0.650. The Labute approximate surface area is 150 Å². The number of piperazine rings is 1. The quantitative estimate of drug-likeness (QED) is 0.819. The van der Waals surface area contributed by atoms with Crippen LogP contribution in [-0.4, -0.2) is 60.5 Å². The van der Waals surface area contributed by atoms with E-state index in [1.807, 2.05) is 21.9 Å². The second-order valence-electron chi connectivity index (χ2n) is 7.52. The number of para-hydroxylation sites is 1. The molecule has 25 heavy (non-hydrogen) atoms. The minimum absolute atomic E-state index is 0.186. The lowest BCUT2D eigenvalue weighted by atomic mass is 10.1. The van der Waals surface area contributed by atoms with Crippen molar-refractivity contribution >= 4 is 11.6 Å². The number of hydrogen-bond acceptors (Lipinski definition) is 3. The summed E-state index contributed by atoms with van der Waals surface area (Å²) in [5, 5.41) is 0. The van der Waals surface area contributed by atoms with Crippen molar-refractivity contribution in [3.8, 4) is 0 Å². The number of hydrogen-bond donors (Lipinski definition) is 0. The number of benzene rings is 1. The van der Waals surface area contributed by atoms with Crippen LogP contribution in [0.3, 0.4) is 0 Å². The molecule has 1 saturated carbocycles. The molecule has 4 nitrogen and oxygen atoms in total. The molecule has 1 aromatic carbocycles. The Balaban J connectivity index is 1.55. The van der Waals surface area contributed by atoms with Gasteiger partial charge in [0.25, 0.3) is 0 Å². The molecular formula is C20H30FN3O. The molecule has 0 atom stereocenters. The van der Waals surface area contributed by atoms with Gasteiger partial charge >= 0.3 is 0 Å². The summed E-state index contributed by atoms with van der Waals surface area (Å²) in [5.41, 5.74) is 0.643. The van der Waals surface area contributed by atoms with Gasteiger partial charge in [-0.2, -0.15) is 0 Å². The molecule has 0 aromatic heterocycles. The summed E-state index contributed by atoms with van der Waals surface area (Å²) in [4.78, 5) is 19.1. The molecule has 0 N–H and O–H groups in total. The van der Waals surface area contributed by atoms with E-state index in [4.69, 9.17) is 0 Å². The molecule has 2 aliphatic rings. The van der Waals surface area contributed by atoms with Gasteiger partial charge in [-0.25, -0.2) is 4.39 Å². The van der Waals surface area contributed by atoms with Crippen molar-refractivity contribution in [2.75, 3.05) is 37.6 Å². The van der Waals surface area contributed by atoms with Crippen LogP contribution < -0.4 is 4.90 Å².